The molecule has 3 N–H and O–H groups in total. The lowest BCUT2D eigenvalue weighted by atomic mass is 10.4. The Morgan fingerprint density at radius 2 is 2.29 bits per heavy atom. The molecule has 1 unspecified atom stereocenters. The van der Waals surface area contributed by atoms with Crippen molar-refractivity contribution in [1.29, 1.82) is 0 Å². The summed E-state index contributed by atoms with van der Waals surface area (Å²) in [6.07, 6.45) is 0. The Labute approximate surface area is 42.4 Å². The lowest BCUT2D eigenvalue weighted by Gasteiger charge is -1.95. The number of hydrogen-bond donors (Lipinski definition) is 1. The molecule has 0 fully saturated rings. The smallest absolute Gasteiger partial charge is 0.364 e. The molecule has 0 aliphatic carbocycles. The Kier molecular flexibility index (Phi) is 2.37. The topological polar surface area (TPSA) is 53.9 Å². The molecule has 0 bridgehead atoms. The molecule has 42 valence electrons. The summed E-state index contributed by atoms with van der Waals surface area (Å²) in [6.45, 7) is 1.69. The van der Waals surface area contributed by atoms with Gasteiger partial charge < -0.3 is 10.5 Å². The molecule has 0 saturated heterocycles. The van der Waals surface area contributed by atoms with E-state index in [-0.39, 0.29) is 12.0 Å². The highest BCUT2D eigenvalue weighted by atomic mass is 16.5. The Bertz CT molecular complexity index is 70.1. The predicted molar refractivity (Wildman–Crippen MR) is 24.4 cm³/mol. The minimum atomic E-state index is -0.264. The van der Waals surface area contributed by atoms with Crippen molar-refractivity contribution in [2.75, 3.05) is 7.11 Å². The maximum Gasteiger partial charge on any atom is 0.364 e. The number of rotatable bonds is 1. The fourth-order valence-corrected chi connectivity index (χ4v) is 0.201. The fourth-order valence-electron chi connectivity index (χ4n) is 0.201. The van der Waals surface area contributed by atoms with Gasteiger partial charge in [-0.2, -0.15) is 0 Å². The molecule has 3 nitrogen and oxygen atoms in total. The van der Waals surface area contributed by atoms with E-state index in [2.05, 4.69) is 10.5 Å². The second kappa shape index (κ2) is 2.58. The molecule has 0 radical (unpaired) electrons. The Morgan fingerprint density at radius 3 is 2.29 bits per heavy atom. The van der Waals surface area contributed by atoms with Gasteiger partial charge in [-0.1, -0.05) is 0 Å². The van der Waals surface area contributed by atoms with Gasteiger partial charge in [0.05, 0.1) is 7.11 Å². The monoisotopic (exact) mass is 104 g/mol. The molecule has 0 aromatic rings. The molecule has 7 heavy (non-hydrogen) atoms. The van der Waals surface area contributed by atoms with E-state index in [1.54, 1.807) is 6.92 Å². The minimum Gasteiger partial charge on any atom is -0.465 e. The van der Waals surface area contributed by atoms with Crippen LogP contribution in [0.3, 0.4) is 0 Å². The molecule has 0 aliphatic rings. The van der Waals surface area contributed by atoms with Crippen molar-refractivity contribution in [2.45, 2.75) is 13.0 Å². The predicted octanol–water partition coefficient (Wildman–Crippen LogP) is -1.21. The van der Waals surface area contributed by atoms with Gasteiger partial charge in [0.1, 0.15) is 0 Å². The van der Waals surface area contributed by atoms with Crippen LogP contribution >= 0.6 is 0 Å². The van der Waals surface area contributed by atoms with Gasteiger partial charge in [0.15, 0.2) is 6.04 Å². The average Bonchev–Trinajstić information content (AvgIpc) is 1.65. The summed E-state index contributed by atoms with van der Waals surface area (Å²) in [5.74, 6) is -0.264. The van der Waals surface area contributed by atoms with Crippen LogP contribution in [0.5, 0.6) is 0 Å². The standard InChI is InChI=1S/C4H9NO2/c1-3(5)4(6)7-2/h3H,5H2,1-2H3/p+1. The molecule has 0 saturated carbocycles. The zero-order valence-electron chi connectivity index (χ0n) is 4.60. The normalized spacial score (nSPS) is 13.0. The van der Waals surface area contributed by atoms with Crippen molar-refractivity contribution >= 4 is 5.97 Å². The van der Waals surface area contributed by atoms with E-state index in [0.717, 1.165) is 0 Å². The number of carbonyl (C=O) groups excluding carboxylic acids is 1. The van der Waals surface area contributed by atoms with Crippen LogP contribution in [0, 0.1) is 0 Å². The maximum atomic E-state index is 10.2. The third-order valence-electron chi connectivity index (χ3n) is 0.604. The Hall–Kier alpha value is -0.570. The third-order valence-corrected chi connectivity index (χ3v) is 0.604. The number of carbonyl (C=O) groups is 1. The van der Waals surface area contributed by atoms with E-state index in [1.165, 1.54) is 7.11 Å². The zero-order valence-corrected chi connectivity index (χ0v) is 4.60. The van der Waals surface area contributed by atoms with Crippen molar-refractivity contribution in [1.82, 2.24) is 0 Å². The first kappa shape index (κ1) is 6.43. The molecule has 0 heterocycles. The van der Waals surface area contributed by atoms with Crippen LogP contribution in [0.2, 0.25) is 0 Å². The maximum absolute atomic E-state index is 10.2. The highest BCUT2D eigenvalue weighted by Crippen LogP contribution is 1.73. The van der Waals surface area contributed by atoms with Crippen LogP contribution in [0.15, 0.2) is 0 Å². The molecule has 0 spiro atoms. The van der Waals surface area contributed by atoms with Crippen LogP contribution in [0.1, 0.15) is 6.92 Å². The number of methoxy groups -OCH3 is 1. The van der Waals surface area contributed by atoms with Gasteiger partial charge in [0.2, 0.25) is 0 Å². The van der Waals surface area contributed by atoms with E-state index in [4.69, 9.17) is 0 Å². The van der Waals surface area contributed by atoms with Crippen LogP contribution in [-0.4, -0.2) is 19.1 Å². The Balaban J connectivity index is 3.35. The van der Waals surface area contributed by atoms with Crippen molar-refractivity contribution in [3.63, 3.8) is 0 Å². The molecule has 0 amide bonds. The van der Waals surface area contributed by atoms with Gasteiger partial charge in [0.25, 0.3) is 0 Å². The van der Waals surface area contributed by atoms with E-state index in [9.17, 15) is 4.79 Å². The van der Waals surface area contributed by atoms with E-state index < -0.39 is 0 Å². The first-order chi connectivity index (χ1) is 3.18. The third kappa shape index (κ3) is 2.17. The van der Waals surface area contributed by atoms with Crippen LogP contribution < -0.4 is 5.73 Å². The largest absolute Gasteiger partial charge is 0.465 e. The molecular weight excluding hydrogens is 94.0 g/mol. The first-order valence-corrected chi connectivity index (χ1v) is 2.09. The summed E-state index contributed by atoms with van der Waals surface area (Å²) in [5, 5.41) is 0. The highest BCUT2D eigenvalue weighted by Gasteiger charge is 2.08. The SMILES string of the molecule is COC(=O)C(C)[NH3+]. The van der Waals surface area contributed by atoms with Crippen molar-refractivity contribution in [2.24, 2.45) is 0 Å². The number of hydrogen-bond acceptors (Lipinski definition) is 2. The molecule has 3 heteroatoms. The van der Waals surface area contributed by atoms with Crippen LogP contribution in [0.25, 0.3) is 0 Å². The summed E-state index contributed by atoms with van der Waals surface area (Å²) >= 11 is 0. The Morgan fingerprint density at radius 1 is 1.86 bits per heavy atom. The molecule has 0 aliphatic heterocycles. The van der Waals surface area contributed by atoms with Gasteiger partial charge >= 0.3 is 5.97 Å². The van der Waals surface area contributed by atoms with E-state index in [1.807, 2.05) is 0 Å². The minimum absolute atomic E-state index is 0.245. The van der Waals surface area contributed by atoms with Crippen LogP contribution in [0.4, 0.5) is 0 Å². The van der Waals surface area contributed by atoms with Gasteiger partial charge in [-0.05, 0) is 6.92 Å². The van der Waals surface area contributed by atoms with Crippen LogP contribution in [-0.2, 0) is 9.53 Å². The summed E-state index contributed by atoms with van der Waals surface area (Å²) in [6, 6.07) is -0.245. The summed E-state index contributed by atoms with van der Waals surface area (Å²) in [7, 11) is 1.35. The lowest BCUT2D eigenvalue weighted by Crippen LogP contribution is -2.63. The summed E-state index contributed by atoms with van der Waals surface area (Å²) in [4.78, 5) is 10.2. The quantitative estimate of drug-likeness (QED) is 0.424. The van der Waals surface area contributed by atoms with E-state index in [0.29, 0.717) is 0 Å². The van der Waals surface area contributed by atoms with Gasteiger partial charge in [0, 0.05) is 0 Å². The van der Waals surface area contributed by atoms with Gasteiger partial charge in [-0.3, -0.25) is 0 Å². The van der Waals surface area contributed by atoms with E-state index >= 15 is 0 Å². The van der Waals surface area contributed by atoms with Crippen molar-refractivity contribution in [3.8, 4) is 0 Å². The van der Waals surface area contributed by atoms with Crippen molar-refractivity contribution < 1.29 is 15.3 Å². The summed E-state index contributed by atoms with van der Waals surface area (Å²) in [5.41, 5.74) is 3.43. The number of quaternary nitrogens is 1. The lowest BCUT2D eigenvalue weighted by molar-refractivity contribution is -0.402. The van der Waals surface area contributed by atoms with Crippen molar-refractivity contribution in [3.05, 3.63) is 0 Å². The molecule has 0 aromatic carbocycles. The fraction of sp³-hybridized carbons (Fsp3) is 0.750. The number of ether oxygens (including phenoxy) is 1. The number of esters is 1. The average molecular weight is 104 g/mol. The summed E-state index contributed by atoms with van der Waals surface area (Å²) < 4.78 is 4.31. The molecule has 0 rings (SSSR count). The molecular formula is C4H10NO2+. The zero-order chi connectivity index (χ0) is 5.86. The van der Waals surface area contributed by atoms with Gasteiger partial charge in [-0.15, -0.1) is 0 Å². The van der Waals surface area contributed by atoms with Gasteiger partial charge in [-0.25, -0.2) is 4.79 Å². The molecule has 0 aromatic heterocycles. The first-order valence-electron chi connectivity index (χ1n) is 2.09. The highest BCUT2D eigenvalue weighted by molar-refractivity contribution is 5.73. The molecule has 1 atom stereocenters. The second-order valence-electron chi connectivity index (χ2n) is 1.42. The second-order valence-corrected chi connectivity index (χ2v) is 1.42.